The molecule has 1 aromatic carbocycles. The van der Waals surface area contributed by atoms with Crippen molar-refractivity contribution in [1.82, 2.24) is 4.90 Å². The fraction of sp³-hybridized carbons (Fsp3) is 0.467. The van der Waals surface area contributed by atoms with E-state index >= 15 is 0 Å². The summed E-state index contributed by atoms with van der Waals surface area (Å²) >= 11 is 0. The summed E-state index contributed by atoms with van der Waals surface area (Å²) in [5.41, 5.74) is -0.0199. The zero-order valence-electron chi connectivity index (χ0n) is 12.3. The van der Waals surface area contributed by atoms with Crippen LogP contribution < -0.4 is 4.74 Å². The first-order valence-corrected chi connectivity index (χ1v) is 6.68. The molecule has 1 aromatic rings. The molecule has 0 radical (unpaired) electrons. The van der Waals surface area contributed by atoms with Crippen LogP contribution in [0.5, 0.6) is 5.75 Å². The maximum atomic E-state index is 13.9. The van der Waals surface area contributed by atoms with Crippen LogP contribution in [0.1, 0.15) is 17.3 Å². The SMILES string of the molecule is COC(=O)C1CN(C(=O)c2ccc(OC)cc2F)CC1C. The van der Waals surface area contributed by atoms with Gasteiger partial charge in [-0.25, -0.2) is 4.39 Å². The van der Waals surface area contributed by atoms with E-state index in [0.29, 0.717) is 12.3 Å². The highest BCUT2D eigenvalue weighted by Crippen LogP contribution is 2.26. The lowest BCUT2D eigenvalue weighted by Crippen LogP contribution is -2.30. The van der Waals surface area contributed by atoms with Gasteiger partial charge in [-0.05, 0) is 18.1 Å². The van der Waals surface area contributed by atoms with Crippen LogP contribution in [0, 0.1) is 17.7 Å². The molecule has 21 heavy (non-hydrogen) atoms. The number of benzene rings is 1. The number of halogens is 1. The van der Waals surface area contributed by atoms with Crippen LogP contribution in [0.15, 0.2) is 18.2 Å². The lowest BCUT2D eigenvalue weighted by atomic mass is 9.99. The second-order valence-corrected chi connectivity index (χ2v) is 5.16. The van der Waals surface area contributed by atoms with E-state index in [9.17, 15) is 14.0 Å². The van der Waals surface area contributed by atoms with Crippen LogP contribution in [0.3, 0.4) is 0 Å². The number of ether oxygens (including phenoxy) is 2. The van der Waals surface area contributed by atoms with Gasteiger partial charge >= 0.3 is 5.97 Å². The average Bonchev–Trinajstić information content (AvgIpc) is 2.87. The lowest BCUT2D eigenvalue weighted by Gasteiger charge is -2.16. The molecule has 1 amide bonds. The highest BCUT2D eigenvalue weighted by molar-refractivity contribution is 5.95. The smallest absolute Gasteiger partial charge is 0.310 e. The summed E-state index contributed by atoms with van der Waals surface area (Å²) in [7, 11) is 2.75. The van der Waals surface area contributed by atoms with Gasteiger partial charge in [0.05, 0.1) is 25.7 Å². The van der Waals surface area contributed by atoms with Crippen LogP contribution in [0.4, 0.5) is 4.39 Å². The summed E-state index contributed by atoms with van der Waals surface area (Å²) in [6, 6.07) is 4.10. The quantitative estimate of drug-likeness (QED) is 0.797. The highest BCUT2D eigenvalue weighted by Gasteiger charge is 2.38. The molecule has 0 saturated carbocycles. The van der Waals surface area contributed by atoms with Crippen LogP contribution in [-0.2, 0) is 9.53 Å². The highest BCUT2D eigenvalue weighted by atomic mass is 19.1. The number of hydrogen-bond donors (Lipinski definition) is 0. The number of nitrogens with zero attached hydrogens (tertiary/aromatic N) is 1. The van der Waals surface area contributed by atoms with Crippen molar-refractivity contribution in [3.8, 4) is 5.75 Å². The summed E-state index contributed by atoms with van der Waals surface area (Å²) in [5, 5.41) is 0. The van der Waals surface area contributed by atoms with Gasteiger partial charge in [0.15, 0.2) is 0 Å². The van der Waals surface area contributed by atoms with Gasteiger partial charge < -0.3 is 14.4 Å². The Labute approximate surface area is 122 Å². The molecule has 1 heterocycles. The third-order valence-electron chi connectivity index (χ3n) is 3.81. The molecule has 114 valence electrons. The predicted octanol–water partition coefficient (Wildman–Crippen LogP) is 1.72. The minimum absolute atomic E-state index is 0.0114. The van der Waals surface area contributed by atoms with Crippen molar-refractivity contribution in [3.05, 3.63) is 29.6 Å². The van der Waals surface area contributed by atoms with Gasteiger partial charge in [0.25, 0.3) is 5.91 Å². The molecule has 5 nitrogen and oxygen atoms in total. The summed E-state index contributed by atoms with van der Waals surface area (Å²) in [6.45, 7) is 2.53. The molecule has 6 heteroatoms. The summed E-state index contributed by atoms with van der Waals surface area (Å²) in [4.78, 5) is 25.5. The molecular formula is C15H18FNO4. The Bertz CT molecular complexity index is 561. The van der Waals surface area contributed by atoms with Crippen molar-refractivity contribution >= 4 is 11.9 Å². The zero-order valence-corrected chi connectivity index (χ0v) is 12.3. The predicted molar refractivity (Wildman–Crippen MR) is 73.5 cm³/mol. The summed E-state index contributed by atoms with van der Waals surface area (Å²) < 4.78 is 23.6. The van der Waals surface area contributed by atoms with E-state index in [-0.39, 0.29) is 29.9 Å². The molecule has 0 bridgehead atoms. The number of likely N-dealkylation sites (tertiary alicyclic amines) is 1. The number of amides is 1. The second-order valence-electron chi connectivity index (χ2n) is 5.16. The Morgan fingerprint density at radius 1 is 1.29 bits per heavy atom. The van der Waals surface area contributed by atoms with Gasteiger partial charge in [-0.1, -0.05) is 6.92 Å². The van der Waals surface area contributed by atoms with Crippen molar-refractivity contribution < 1.29 is 23.5 Å². The molecular weight excluding hydrogens is 277 g/mol. The number of carbonyl (C=O) groups is 2. The number of hydrogen-bond acceptors (Lipinski definition) is 4. The maximum Gasteiger partial charge on any atom is 0.310 e. The van der Waals surface area contributed by atoms with Crippen molar-refractivity contribution in [2.75, 3.05) is 27.3 Å². The molecule has 0 spiro atoms. The topological polar surface area (TPSA) is 55.8 Å². The standard InChI is InChI=1S/C15H18FNO4/c1-9-7-17(8-12(9)15(19)21-3)14(18)11-5-4-10(20-2)6-13(11)16/h4-6,9,12H,7-8H2,1-3H3. The third-order valence-corrected chi connectivity index (χ3v) is 3.81. The first-order chi connectivity index (χ1) is 9.97. The van der Waals surface area contributed by atoms with Gasteiger partial charge in [0.2, 0.25) is 0 Å². The monoisotopic (exact) mass is 295 g/mol. The van der Waals surface area contributed by atoms with E-state index in [0.717, 1.165) is 0 Å². The second kappa shape index (κ2) is 6.11. The number of esters is 1. The zero-order chi connectivity index (χ0) is 15.6. The van der Waals surface area contributed by atoms with E-state index in [4.69, 9.17) is 9.47 Å². The maximum absolute atomic E-state index is 13.9. The molecule has 1 aliphatic rings. The van der Waals surface area contributed by atoms with Gasteiger partial charge in [-0.15, -0.1) is 0 Å². The van der Waals surface area contributed by atoms with E-state index in [1.165, 1.54) is 37.3 Å². The van der Waals surface area contributed by atoms with Crippen molar-refractivity contribution in [2.24, 2.45) is 11.8 Å². The summed E-state index contributed by atoms with van der Waals surface area (Å²) in [6.07, 6.45) is 0. The van der Waals surface area contributed by atoms with Crippen molar-refractivity contribution in [1.29, 1.82) is 0 Å². The van der Waals surface area contributed by atoms with E-state index in [1.807, 2.05) is 6.92 Å². The van der Waals surface area contributed by atoms with Gasteiger partial charge in [-0.3, -0.25) is 9.59 Å². The van der Waals surface area contributed by atoms with Crippen LogP contribution in [-0.4, -0.2) is 44.1 Å². The molecule has 0 aliphatic carbocycles. The number of carbonyl (C=O) groups excluding carboxylic acids is 2. The molecule has 1 aliphatic heterocycles. The first-order valence-electron chi connectivity index (χ1n) is 6.68. The normalized spacial score (nSPS) is 21.2. The van der Waals surface area contributed by atoms with Crippen molar-refractivity contribution in [2.45, 2.75) is 6.92 Å². The van der Waals surface area contributed by atoms with Crippen LogP contribution in [0.25, 0.3) is 0 Å². The van der Waals surface area contributed by atoms with E-state index in [1.54, 1.807) is 0 Å². The Balaban J connectivity index is 2.16. The van der Waals surface area contributed by atoms with Gasteiger partial charge in [0, 0.05) is 19.2 Å². The molecule has 2 atom stereocenters. The van der Waals surface area contributed by atoms with Gasteiger partial charge in [0.1, 0.15) is 11.6 Å². The van der Waals surface area contributed by atoms with Crippen molar-refractivity contribution in [3.63, 3.8) is 0 Å². The summed E-state index contributed by atoms with van der Waals surface area (Å²) in [5.74, 6) is -1.41. The Morgan fingerprint density at radius 3 is 2.57 bits per heavy atom. The Hall–Kier alpha value is -2.11. The molecule has 2 rings (SSSR count). The number of rotatable bonds is 3. The number of methoxy groups -OCH3 is 2. The lowest BCUT2D eigenvalue weighted by molar-refractivity contribution is -0.146. The van der Waals surface area contributed by atoms with E-state index in [2.05, 4.69) is 0 Å². The van der Waals surface area contributed by atoms with Gasteiger partial charge in [-0.2, -0.15) is 0 Å². The molecule has 0 aromatic heterocycles. The first kappa shape index (κ1) is 15.3. The molecule has 2 unspecified atom stereocenters. The minimum atomic E-state index is -0.631. The Kier molecular flexibility index (Phi) is 4.45. The van der Waals surface area contributed by atoms with Crippen LogP contribution in [0.2, 0.25) is 0 Å². The third kappa shape index (κ3) is 2.99. The average molecular weight is 295 g/mol. The Morgan fingerprint density at radius 2 is 2.00 bits per heavy atom. The largest absolute Gasteiger partial charge is 0.497 e. The fourth-order valence-electron chi connectivity index (χ4n) is 2.56. The fourth-order valence-corrected chi connectivity index (χ4v) is 2.56. The molecule has 1 fully saturated rings. The molecule has 1 saturated heterocycles. The molecule has 0 N–H and O–H groups in total. The minimum Gasteiger partial charge on any atom is -0.497 e. The van der Waals surface area contributed by atoms with Crippen LogP contribution >= 0.6 is 0 Å². The van der Waals surface area contributed by atoms with E-state index < -0.39 is 11.7 Å².